The van der Waals surface area contributed by atoms with Gasteiger partial charge in [0.1, 0.15) is 6.04 Å². The van der Waals surface area contributed by atoms with Crippen LogP contribution in [0.4, 0.5) is 0 Å². The van der Waals surface area contributed by atoms with Crippen LogP contribution < -0.4 is 5.32 Å². The molecule has 2 heterocycles. The van der Waals surface area contributed by atoms with Crippen LogP contribution in [0, 0.1) is 0 Å². The number of rotatable bonds is 5. The van der Waals surface area contributed by atoms with E-state index in [0.717, 1.165) is 12.8 Å². The van der Waals surface area contributed by atoms with Gasteiger partial charge in [0, 0.05) is 13.1 Å². The first kappa shape index (κ1) is 15.1. The molecule has 1 saturated heterocycles. The fourth-order valence-corrected chi connectivity index (χ4v) is 2.40. The molecule has 0 bridgehead atoms. The maximum Gasteiger partial charge on any atom is 0.305 e. The van der Waals surface area contributed by atoms with Crippen molar-refractivity contribution in [3.05, 3.63) is 24.2 Å². The first-order valence-corrected chi connectivity index (χ1v) is 6.93. The molecule has 1 aromatic rings. The number of carboxylic acid groups (broad SMARTS) is 1. The number of hydrogen-bond acceptors (Lipinski definition) is 4. The van der Waals surface area contributed by atoms with Gasteiger partial charge in [-0.05, 0) is 31.4 Å². The Morgan fingerprint density at radius 1 is 1.38 bits per heavy atom. The van der Waals surface area contributed by atoms with E-state index >= 15 is 0 Å². The number of likely N-dealkylation sites (tertiary alicyclic amines) is 1. The van der Waals surface area contributed by atoms with Crippen LogP contribution >= 0.6 is 0 Å². The molecule has 21 heavy (non-hydrogen) atoms. The lowest BCUT2D eigenvalue weighted by atomic mass is 10.0. The molecular weight excluding hydrogens is 276 g/mol. The molecule has 7 heteroatoms. The molecule has 2 N–H and O–H groups in total. The van der Waals surface area contributed by atoms with E-state index in [0.29, 0.717) is 13.0 Å². The van der Waals surface area contributed by atoms with E-state index in [1.165, 1.54) is 11.2 Å². The lowest BCUT2D eigenvalue weighted by Crippen LogP contribution is -2.52. The maximum absolute atomic E-state index is 12.3. The average Bonchev–Trinajstić information content (AvgIpc) is 3.00. The maximum atomic E-state index is 12.3. The molecular formula is C14H18N2O5. The van der Waals surface area contributed by atoms with Crippen molar-refractivity contribution >= 4 is 17.8 Å². The van der Waals surface area contributed by atoms with Crippen LogP contribution in [0.1, 0.15) is 36.2 Å². The van der Waals surface area contributed by atoms with Crippen LogP contribution in [0.5, 0.6) is 0 Å². The van der Waals surface area contributed by atoms with Crippen molar-refractivity contribution in [2.75, 3.05) is 13.1 Å². The number of aliphatic carboxylic acids is 1. The van der Waals surface area contributed by atoms with Crippen molar-refractivity contribution in [3.63, 3.8) is 0 Å². The fraction of sp³-hybridized carbons (Fsp3) is 0.500. The summed E-state index contributed by atoms with van der Waals surface area (Å²) in [5.41, 5.74) is 0. The molecule has 0 spiro atoms. The molecule has 1 unspecified atom stereocenters. The Balaban J connectivity index is 1.99. The van der Waals surface area contributed by atoms with E-state index in [-0.39, 0.29) is 30.5 Å². The van der Waals surface area contributed by atoms with Crippen molar-refractivity contribution in [1.82, 2.24) is 10.2 Å². The zero-order chi connectivity index (χ0) is 15.2. The summed E-state index contributed by atoms with van der Waals surface area (Å²) in [6.45, 7) is 0.560. The van der Waals surface area contributed by atoms with Crippen molar-refractivity contribution in [1.29, 1.82) is 0 Å². The minimum absolute atomic E-state index is 0.0629. The predicted molar refractivity (Wildman–Crippen MR) is 72.6 cm³/mol. The van der Waals surface area contributed by atoms with Crippen LogP contribution in [-0.2, 0) is 9.59 Å². The molecule has 1 aromatic heterocycles. The minimum Gasteiger partial charge on any atom is -0.481 e. The topological polar surface area (TPSA) is 99.9 Å². The monoisotopic (exact) mass is 294 g/mol. The Labute approximate surface area is 121 Å². The first-order chi connectivity index (χ1) is 10.1. The van der Waals surface area contributed by atoms with Crippen LogP contribution in [-0.4, -0.2) is 46.9 Å². The summed E-state index contributed by atoms with van der Waals surface area (Å²) in [5.74, 6) is -1.38. The molecule has 0 saturated carbocycles. The van der Waals surface area contributed by atoms with E-state index in [1.54, 1.807) is 12.1 Å². The van der Waals surface area contributed by atoms with E-state index in [2.05, 4.69) is 5.32 Å². The summed E-state index contributed by atoms with van der Waals surface area (Å²) in [6.07, 6.45) is 3.55. The summed E-state index contributed by atoms with van der Waals surface area (Å²) in [4.78, 5) is 36.4. The highest BCUT2D eigenvalue weighted by Gasteiger charge is 2.33. The van der Waals surface area contributed by atoms with E-state index in [9.17, 15) is 14.4 Å². The number of hydrogen-bond donors (Lipinski definition) is 2. The van der Waals surface area contributed by atoms with E-state index in [4.69, 9.17) is 9.52 Å². The summed E-state index contributed by atoms with van der Waals surface area (Å²) < 4.78 is 5.09. The van der Waals surface area contributed by atoms with Gasteiger partial charge in [-0.1, -0.05) is 0 Å². The van der Waals surface area contributed by atoms with Crippen molar-refractivity contribution < 1.29 is 23.9 Å². The van der Waals surface area contributed by atoms with Gasteiger partial charge in [-0.2, -0.15) is 0 Å². The van der Waals surface area contributed by atoms with Crippen molar-refractivity contribution in [2.45, 2.75) is 31.7 Å². The van der Waals surface area contributed by atoms with Gasteiger partial charge < -0.3 is 19.7 Å². The fourth-order valence-electron chi connectivity index (χ4n) is 2.40. The Hall–Kier alpha value is -2.31. The average molecular weight is 294 g/mol. The predicted octanol–water partition coefficient (Wildman–Crippen LogP) is 0.865. The molecule has 1 aliphatic heterocycles. The second-order valence-corrected chi connectivity index (χ2v) is 4.92. The van der Waals surface area contributed by atoms with E-state index in [1.807, 2.05) is 0 Å². The third kappa shape index (κ3) is 3.84. The summed E-state index contributed by atoms with van der Waals surface area (Å²) in [7, 11) is 0. The second-order valence-electron chi connectivity index (χ2n) is 4.92. The third-order valence-electron chi connectivity index (χ3n) is 3.44. The van der Waals surface area contributed by atoms with Crippen LogP contribution in [0.15, 0.2) is 22.8 Å². The van der Waals surface area contributed by atoms with Crippen LogP contribution in [0.2, 0.25) is 0 Å². The molecule has 0 radical (unpaired) electrons. The highest BCUT2D eigenvalue weighted by Crippen LogP contribution is 2.20. The number of nitrogens with one attached hydrogen (secondary N) is 1. The normalized spacial score (nSPS) is 18.3. The molecule has 7 nitrogen and oxygen atoms in total. The standard InChI is InChI=1S/C14H18N2O5/c17-12(18)6-7-15-13(19)10-4-1-2-8-16(10)14(20)11-5-3-9-21-11/h3,5,9-10H,1-2,4,6-8H2,(H,15,19)(H,17,18). The van der Waals surface area contributed by atoms with Gasteiger partial charge in [-0.15, -0.1) is 0 Å². The number of furan rings is 1. The number of carbonyl (C=O) groups excluding carboxylic acids is 2. The van der Waals surface area contributed by atoms with Gasteiger partial charge >= 0.3 is 5.97 Å². The summed E-state index contributed by atoms with van der Waals surface area (Å²) >= 11 is 0. The Bertz CT molecular complexity index is 511. The van der Waals surface area contributed by atoms with Gasteiger partial charge in [0.15, 0.2) is 5.76 Å². The Kier molecular flexibility index (Phi) is 4.97. The van der Waals surface area contributed by atoms with Crippen molar-refractivity contribution in [3.8, 4) is 0 Å². The molecule has 2 amide bonds. The summed E-state index contributed by atoms with van der Waals surface area (Å²) in [5, 5.41) is 11.1. The third-order valence-corrected chi connectivity index (χ3v) is 3.44. The zero-order valence-corrected chi connectivity index (χ0v) is 11.6. The van der Waals surface area contributed by atoms with Crippen molar-refractivity contribution in [2.24, 2.45) is 0 Å². The quantitative estimate of drug-likeness (QED) is 0.839. The first-order valence-electron chi connectivity index (χ1n) is 6.93. The van der Waals surface area contributed by atoms with Gasteiger partial charge in [-0.25, -0.2) is 0 Å². The number of carbonyl (C=O) groups is 3. The second kappa shape index (κ2) is 6.92. The molecule has 0 aliphatic carbocycles. The van der Waals surface area contributed by atoms with Crippen LogP contribution in [0.25, 0.3) is 0 Å². The highest BCUT2D eigenvalue weighted by atomic mass is 16.4. The lowest BCUT2D eigenvalue weighted by Gasteiger charge is -2.34. The van der Waals surface area contributed by atoms with Gasteiger partial charge in [0.25, 0.3) is 5.91 Å². The van der Waals surface area contributed by atoms with Gasteiger partial charge in [0.2, 0.25) is 5.91 Å². The molecule has 114 valence electrons. The van der Waals surface area contributed by atoms with E-state index < -0.39 is 12.0 Å². The van der Waals surface area contributed by atoms with Gasteiger partial charge in [0.05, 0.1) is 12.7 Å². The minimum atomic E-state index is -0.970. The smallest absolute Gasteiger partial charge is 0.305 e. The Morgan fingerprint density at radius 3 is 2.86 bits per heavy atom. The highest BCUT2D eigenvalue weighted by molar-refractivity contribution is 5.95. The molecule has 1 fully saturated rings. The SMILES string of the molecule is O=C(O)CCNC(=O)C1CCCCN1C(=O)c1ccco1. The number of nitrogens with zero attached hydrogens (tertiary/aromatic N) is 1. The molecule has 0 aromatic carbocycles. The largest absolute Gasteiger partial charge is 0.481 e. The van der Waals surface area contributed by atoms with Gasteiger partial charge in [-0.3, -0.25) is 14.4 Å². The Morgan fingerprint density at radius 2 is 2.19 bits per heavy atom. The summed E-state index contributed by atoms with van der Waals surface area (Å²) in [6, 6.07) is 2.63. The zero-order valence-electron chi connectivity index (χ0n) is 11.6. The number of carboxylic acids is 1. The number of amides is 2. The molecule has 2 rings (SSSR count). The number of piperidine rings is 1. The molecule has 1 atom stereocenters. The molecule has 1 aliphatic rings. The lowest BCUT2D eigenvalue weighted by molar-refractivity contribution is -0.137. The van der Waals surface area contributed by atoms with Crippen LogP contribution in [0.3, 0.4) is 0 Å².